The molecule has 0 saturated heterocycles. The fourth-order valence-electron chi connectivity index (χ4n) is 2.56. The van der Waals surface area contributed by atoms with Gasteiger partial charge in [0.05, 0.1) is 0 Å². The van der Waals surface area contributed by atoms with Crippen molar-refractivity contribution < 1.29 is 0 Å². The molecule has 0 spiro atoms. The average molecular weight is 204 g/mol. The fraction of sp³-hybridized carbons (Fsp3) is 0.615. The summed E-state index contributed by atoms with van der Waals surface area (Å²) >= 11 is 0. The van der Waals surface area contributed by atoms with Crippen molar-refractivity contribution in [2.45, 2.75) is 44.6 Å². The summed E-state index contributed by atoms with van der Waals surface area (Å²) in [6.45, 7) is 3.29. The number of pyridine rings is 1. The molecule has 1 saturated carbocycles. The lowest BCUT2D eigenvalue weighted by Crippen LogP contribution is -2.32. The van der Waals surface area contributed by atoms with Crippen LogP contribution in [0.15, 0.2) is 24.5 Å². The molecule has 1 aliphatic carbocycles. The van der Waals surface area contributed by atoms with E-state index in [-0.39, 0.29) is 0 Å². The van der Waals surface area contributed by atoms with E-state index in [4.69, 9.17) is 0 Å². The molecule has 0 bridgehead atoms. The molecule has 2 rings (SSSR count). The maximum absolute atomic E-state index is 4.07. The first kappa shape index (κ1) is 10.6. The molecule has 1 fully saturated rings. The van der Waals surface area contributed by atoms with Crippen LogP contribution in [0.25, 0.3) is 0 Å². The van der Waals surface area contributed by atoms with Crippen molar-refractivity contribution in [1.29, 1.82) is 0 Å². The van der Waals surface area contributed by atoms with E-state index in [1.54, 1.807) is 0 Å². The van der Waals surface area contributed by atoms with Gasteiger partial charge in [-0.1, -0.05) is 6.92 Å². The van der Waals surface area contributed by atoms with E-state index in [0.29, 0.717) is 0 Å². The van der Waals surface area contributed by atoms with Gasteiger partial charge in [0.2, 0.25) is 0 Å². The van der Waals surface area contributed by atoms with Gasteiger partial charge in [0.25, 0.3) is 0 Å². The van der Waals surface area contributed by atoms with Crippen molar-refractivity contribution in [2.75, 3.05) is 6.54 Å². The fourth-order valence-corrected chi connectivity index (χ4v) is 2.56. The van der Waals surface area contributed by atoms with Gasteiger partial charge in [-0.15, -0.1) is 0 Å². The highest BCUT2D eigenvalue weighted by molar-refractivity contribution is 5.16. The van der Waals surface area contributed by atoms with Gasteiger partial charge in [-0.25, -0.2) is 0 Å². The summed E-state index contributed by atoms with van der Waals surface area (Å²) in [6, 6.07) is 5.09. The highest BCUT2D eigenvalue weighted by Crippen LogP contribution is 2.32. The topological polar surface area (TPSA) is 24.9 Å². The van der Waals surface area contributed by atoms with Crippen molar-refractivity contribution in [3.63, 3.8) is 0 Å². The van der Waals surface area contributed by atoms with E-state index in [1.807, 2.05) is 12.4 Å². The molecule has 0 amide bonds. The number of aromatic nitrogens is 1. The minimum atomic E-state index is 0.757. The van der Waals surface area contributed by atoms with Crippen molar-refractivity contribution >= 4 is 0 Å². The standard InChI is InChI=1S/C13H20N2/c1-2-15-13-5-3-11(4-6-13)12-7-9-14-10-8-12/h7-11,13,15H,2-6H2,1H3. The Hall–Kier alpha value is -0.890. The molecule has 1 heterocycles. The predicted octanol–water partition coefficient (Wildman–Crippen LogP) is 2.72. The molecule has 0 aliphatic heterocycles. The summed E-state index contributed by atoms with van der Waals surface area (Å²) in [5.74, 6) is 0.767. The van der Waals surface area contributed by atoms with Gasteiger partial charge in [-0.05, 0) is 55.8 Å². The molecule has 82 valence electrons. The Kier molecular flexibility index (Phi) is 3.73. The van der Waals surface area contributed by atoms with Crippen LogP contribution in [0.1, 0.15) is 44.1 Å². The zero-order valence-electron chi connectivity index (χ0n) is 9.45. The van der Waals surface area contributed by atoms with Crippen molar-refractivity contribution in [3.8, 4) is 0 Å². The molecule has 0 unspecified atom stereocenters. The van der Waals surface area contributed by atoms with Gasteiger partial charge in [0.15, 0.2) is 0 Å². The maximum Gasteiger partial charge on any atom is 0.0270 e. The van der Waals surface area contributed by atoms with Crippen LogP contribution in [0.2, 0.25) is 0 Å². The quantitative estimate of drug-likeness (QED) is 0.819. The molecule has 0 radical (unpaired) electrons. The van der Waals surface area contributed by atoms with Crippen molar-refractivity contribution in [2.24, 2.45) is 0 Å². The number of rotatable bonds is 3. The third-order valence-corrected chi connectivity index (χ3v) is 3.40. The Morgan fingerprint density at radius 2 is 1.87 bits per heavy atom. The molecule has 15 heavy (non-hydrogen) atoms. The number of nitrogens with one attached hydrogen (secondary N) is 1. The zero-order chi connectivity index (χ0) is 10.5. The molecule has 0 atom stereocenters. The van der Waals surface area contributed by atoms with Gasteiger partial charge in [0.1, 0.15) is 0 Å². The number of hydrogen-bond donors (Lipinski definition) is 1. The van der Waals surface area contributed by atoms with Gasteiger partial charge in [0, 0.05) is 18.4 Å². The zero-order valence-corrected chi connectivity index (χ0v) is 9.45. The highest BCUT2D eigenvalue weighted by Gasteiger charge is 2.21. The molecule has 2 nitrogen and oxygen atoms in total. The molecular weight excluding hydrogens is 184 g/mol. The molecular formula is C13H20N2. The van der Waals surface area contributed by atoms with Crippen LogP contribution in [-0.4, -0.2) is 17.6 Å². The third kappa shape index (κ3) is 2.78. The van der Waals surface area contributed by atoms with Gasteiger partial charge in [-0.2, -0.15) is 0 Å². The molecule has 1 aromatic rings. The van der Waals surface area contributed by atoms with E-state index < -0.39 is 0 Å². The van der Waals surface area contributed by atoms with Crippen LogP contribution < -0.4 is 5.32 Å². The van der Waals surface area contributed by atoms with Crippen LogP contribution in [0.4, 0.5) is 0 Å². The smallest absolute Gasteiger partial charge is 0.0270 e. The lowest BCUT2D eigenvalue weighted by Gasteiger charge is -2.29. The molecule has 1 aliphatic rings. The summed E-state index contributed by atoms with van der Waals surface area (Å²) in [4.78, 5) is 4.07. The molecule has 2 heteroatoms. The summed E-state index contributed by atoms with van der Waals surface area (Å²) in [7, 11) is 0. The van der Waals surface area contributed by atoms with Crippen LogP contribution in [0, 0.1) is 0 Å². The monoisotopic (exact) mass is 204 g/mol. The highest BCUT2D eigenvalue weighted by atomic mass is 14.9. The van der Waals surface area contributed by atoms with Gasteiger partial charge < -0.3 is 5.32 Å². The van der Waals surface area contributed by atoms with Crippen LogP contribution >= 0.6 is 0 Å². The second-order valence-electron chi connectivity index (χ2n) is 4.39. The first-order chi connectivity index (χ1) is 7.40. The summed E-state index contributed by atoms with van der Waals surface area (Å²) in [5, 5.41) is 3.54. The molecule has 0 aromatic carbocycles. The Bertz CT molecular complexity index is 276. The summed E-state index contributed by atoms with van der Waals surface area (Å²) in [6.07, 6.45) is 9.10. The van der Waals surface area contributed by atoms with Gasteiger partial charge in [-0.3, -0.25) is 4.98 Å². The normalized spacial score (nSPS) is 26.5. The molecule has 1 N–H and O–H groups in total. The minimum Gasteiger partial charge on any atom is -0.314 e. The maximum atomic E-state index is 4.07. The van der Waals surface area contributed by atoms with E-state index in [0.717, 1.165) is 18.5 Å². The van der Waals surface area contributed by atoms with E-state index in [1.165, 1.54) is 31.2 Å². The Balaban J connectivity index is 1.88. The van der Waals surface area contributed by atoms with E-state index in [9.17, 15) is 0 Å². The first-order valence-corrected chi connectivity index (χ1v) is 6.03. The van der Waals surface area contributed by atoms with Crippen molar-refractivity contribution in [3.05, 3.63) is 30.1 Å². The van der Waals surface area contributed by atoms with Crippen LogP contribution in [0.3, 0.4) is 0 Å². The SMILES string of the molecule is CCNC1CCC(c2ccncc2)CC1. The van der Waals surface area contributed by atoms with E-state index >= 15 is 0 Å². The largest absolute Gasteiger partial charge is 0.314 e. The van der Waals surface area contributed by atoms with Crippen molar-refractivity contribution in [1.82, 2.24) is 10.3 Å². The average Bonchev–Trinajstić information content (AvgIpc) is 2.32. The Labute approximate surface area is 92.1 Å². The lowest BCUT2D eigenvalue weighted by atomic mass is 9.82. The third-order valence-electron chi connectivity index (χ3n) is 3.40. The lowest BCUT2D eigenvalue weighted by molar-refractivity contribution is 0.348. The second-order valence-corrected chi connectivity index (χ2v) is 4.39. The van der Waals surface area contributed by atoms with Gasteiger partial charge >= 0.3 is 0 Å². The summed E-state index contributed by atoms with van der Waals surface area (Å²) in [5.41, 5.74) is 1.47. The minimum absolute atomic E-state index is 0.757. The number of nitrogens with zero attached hydrogens (tertiary/aromatic N) is 1. The Morgan fingerprint density at radius 3 is 2.47 bits per heavy atom. The van der Waals surface area contributed by atoms with Crippen LogP contribution in [-0.2, 0) is 0 Å². The first-order valence-electron chi connectivity index (χ1n) is 6.03. The predicted molar refractivity (Wildman–Crippen MR) is 62.9 cm³/mol. The van der Waals surface area contributed by atoms with E-state index in [2.05, 4.69) is 29.4 Å². The second kappa shape index (κ2) is 5.26. The number of hydrogen-bond acceptors (Lipinski definition) is 2. The molecule has 1 aromatic heterocycles. The van der Waals surface area contributed by atoms with Crippen LogP contribution in [0.5, 0.6) is 0 Å². The summed E-state index contributed by atoms with van der Waals surface area (Å²) < 4.78 is 0. The Morgan fingerprint density at radius 1 is 1.20 bits per heavy atom.